The van der Waals surface area contributed by atoms with Gasteiger partial charge in [0.2, 0.25) is 21.8 Å². The molecule has 0 saturated heterocycles. The number of anilines is 1. The molecule has 3 aromatic rings. The number of likely N-dealkylation sites (N-methyl/N-ethyl adjacent to an activating group) is 1. The number of hydrogen-bond donors (Lipinski definition) is 1. The minimum atomic E-state index is -3.83. The topological polar surface area (TPSA) is 86.8 Å². The first kappa shape index (κ1) is 27.5. The van der Waals surface area contributed by atoms with Crippen LogP contribution in [0.5, 0.6) is 0 Å². The lowest BCUT2D eigenvalue weighted by Crippen LogP contribution is -2.52. The number of carbonyl (C=O) groups is 2. The Kier molecular flexibility index (Phi) is 9.37. The predicted octanol–water partition coefficient (Wildman–Crippen LogP) is 4.15. The zero-order chi connectivity index (χ0) is 26.3. The number of carbonyl (C=O) groups excluding carboxylic acids is 2. The Morgan fingerprint density at radius 1 is 0.917 bits per heavy atom. The number of amides is 2. The van der Waals surface area contributed by atoms with Crippen LogP contribution < -0.4 is 9.62 Å². The lowest BCUT2D eigenvalue weighted by Gasteiger charge is -2.33. The molecule has 0 saturated carbocycles. The van der Waals surface area contributed by atoms with E-state index in [1.54, 1.807) is 36.4 Å². The smallest absolute Gasteiger partial charge is 0.244 e. The Balaban J connectivity index is 2.03. The van der Waals surface area contributed by atoms with E-state index in [0.717, 1.165) is 16.1 Å². The molecule has 0 aromatic heterocycles. The van der Waals surface area contributed by atoms with Crippen molar-refractivity contribution in [2.45, 2.75) is 19.0 Å². The van der Waals surface area contributed by atoms with Crippen molar-refractivity contribution in [1.82, 2.24) is 10.2 Å². The lowest BCUT2D eigenvalue weighted by molar-refractivity contribution is -0.139. The molecule has 36 heavy (non-hydrogen) atoms. The summed E-state index contributed by atoms with van der Waals surface area (Å²) < 4.78 is 26.3. The first-order valence-electron chi connectivity index (χ1n) is 11.1. The summed E-state index contributed by atoms with van der Waals surface area (Å²) in [6, 6.07) is 21.5. The van der Waals surface area contributed by atoms with Crippen LogP contribution in [0.1, 0.15) is 11.1 Å². The Morgan fingerprint density at radius 3 is 2.11 bits per heavy atom. The predicted molar refractivity (Wildman–Crippen MR) is 144 cm³/mol. The molecule has 10 heteroatoms. The quantitative estimate of drug-likeness (QED) is 0.413. The molecular weight excluding hydrogens is 521 g/mol. The minimum absolute atomic E-state index is 0.0155. The van der Waals surface area contributed by atoms with Crippen LogP contribution >= 0.6 is 23.2 Å². The molecular formula is C26H27Cl2N3O4S. The van der Waals surface area contributed by atoms with Gasteiger partial charge < -0.3 is 10.2 Å². The third-order valence-electron chi connectivity index (χ3n) is 5.61. The van der Waals surface area contributed by atoms with Gasteiger partial charge in [-0.3, -0.25) is 13.9 Å². The van der Waals surface area contributed by atoms with E-state index in [2.05, 4.69) is 5.32 Å². The van der Waals surface area contributed by atoms with Gasteiger partial charge in [0.15, 0.2) is 0 Å². The molecule has 0 radical (unpaired) electrons. The highest BCUT2D eigenvalue weighted by molar-refractivity contribution is 7.92. The highest BCUT2D eigenvalue weighted by Crippen LogP contribution is 2.23. The Hall–Kier alpha value is -3.07. The molecule has 1 N–H and O–H groups in total. The van der Waals surface area contributed by atoms with Gasteiger partial charge in [-0.25, -0.2) is 8.42 Å². The summed E-state index contributed by atoms with van der Waals surface area (Å²) in [7, 11) is -2.34. The van der Waals surface area contributed by atoms with E-state index in [0.29, 0.717) is 15.6 Å². The van der Waals surface area contributed by atoms with Crippen LogP contribution in [0.3, 0.4) is 0 Å². The van der Waals surface area contributed by atoms with E-state index in [1.165, 1.54) is 24.1 Å². The number of rotatable bonds is 10. The van der Waals surface area contributed by atoms with Crippen LogP contribution in [0.4, 0.5) is 5.69 Å². The van der Waals surface area contributed by atoms with E-state index in [-0.39, 0.29) is 24.6 Å². The van der Waals surface area contributed by atoms with Crippen molar-refractivity contribution in [3.63, 3.8) is 0 Å². The molecule has 7 nitrogen and oxygen atoms in total. The van der Waals surface area contributed by atoms with Gasteiger partial charge in [0.05, 0.1) is 11.9 Å². The van der Waals surface area contributed by atoms with Crippen LogP contribution in [-0.2, 0) is 32.6 Å². The van der Waals surface area contributed by atoms with Gasteiger partial charge in [-0.15, -0.1) is 0 Å². The third kappa shape index (κ3) is 7.22. The summed E-state index contributed by atoms with van der Waals surface area (Å²) in [5, 5.41) is 3.50. The molecule has 2 amide bonds. The number of halogens is 2. The van der Waals surface area contributed by atoms with E-state index in [1.807, 2.05) is 30.3 Å². The molecule has 190 valence electrons. The van der Waals surface area contributed by atoms with Gasteiger partial charge in [0, 0.05) is 30.1 Å². The molecule has 0 bridgehead atoms. The Bertz CT molecular complexity index is 1300. The molecule has 1 atom stereocenters. The van der Waals surface area contributed by atoms with Crippen molar-refractivity contribution in [3.8, 4) is 0 Å². The van der Waals surface area contributed by atoms with Crippen molar-refractivity contribution < 1.29 is 18.0 Å². The second kappa shape index (κ2) is 12.3. The first-order valence-corrected chi connectivity index (χ1v) is 13.7. The molecule has 1 unspecified atom stereocenters. The van der Waals surface area contributed by atoms with Gasteiger partial charge in [-0.05, 0) is 41.5 Å². The van der Waals surface area contributed by atoms with Gasteiger partial charge in [-0.1, -0.05) is 71.7 Å². The lowest BCUT2D eigenvalue weighted by atomic mass is 10.0. The van der Waals surface area contributed by atoms with E-state index >= 15 is 0 Å². The van der Waals surface area contributed by atoms with Crippen molar-refractivity contribution in [3.05, 3.63) is 100 Å². The fourth-order valence-corrected chi connectivity index (χ4v) is 4.92. The second-order valence-electron chi connectivity index (χ2n) is 8.18. The maximum Gasteiger partial charge on any atom is 0.244 e. The van der Waals surface area contributed by atoms with E-state index in [4.69, 9.17) is 23.2 Å². The average Bonchev–Trinajstić information content (AvgIpc) is 2.85. The van der Waals surface area contributed by atoms with Crippen molar-refractivity contribution in [2.24, 2.45) is 0 Å². The standard InChI is InChI=1S/C26H27Cl2N3O4S/c1-29-26(33)24(16-19-8-4-3-5-9-19)30(17-20-10-6-7-11-23(20)28)25(32)18-31(36(2,34)35)22-14-12-21(27)13-15-22/h3-15,24H,16-18H2,1-2H3,(H,29,33). The Morgan fingerprint density at radius 2 is 1.53 bits per heavy atom. The molecule has 0 heterocycles. The fraction of sp³-hybridized carbons (Fsp3) is 0.231. The van der Waals surface area contributed by atoms with Crippen molar-refractivity contribution >= 4 is 50.7 Å². The number of hydrogen-bond acceptors (Lipinski definition) is 4. The molecule has 0 aliphatic carbocycles. The number of nitrogens with zero attached hydrogens (tertiary/aromatic N) is 2. The maximum absolute atomic E-state index is 13.8. The van der Waals surface area contributed by atoms with Gasteiger partial charge in [-0.2, -0.15) is 0 Å². The number of sulfonamides is 1. The minimum Gasteiger partial charge on any atom is -0.357 e. The van der Waals surface area contributed by atoms with E-state index in [9.17, 15) is 18.0 Å². The molecule has 3 rings (SSSR count). The average molecular weight is 548 g/mol. The molecule has 0 spiro atoms. The first-order chi connectivity index (χ1) is 17.1. The Labute approximate surface area is 221 Å². The highest BCUT2D eigenvalue weighted by atomic mass is 35.5. The van der Waals surface area contributed by atoms with Gasteiger partial charge in [0.25, 0.3) is 0 Å². The highest BCUT2D eigenvalue weighted by Gasteiger charge is 2.32. The van der Waals surface area contributed by atoms with E-state index < -0.39 is 28.5 Å². The zero-order valence-corrected chi connectivity index (χ0v) is 22.2. The van der Waals surface area contributed by atoms with Crippen LogP contribution in [0.15, 0.2) is 78.9 Å². The van der Waals surface area contributed by atoms with Crippen LogP contribution in [0, 0.1) is 0 Å². The third-order valence-corrected chi connectivity index (χ3v) is 7.37. The molecule has 0 fully saturated rings. The summed E-state index contributed by atoms with van der Waals surface area (Å²) in [4.78, 5) is 28.2. The molecule has 0 aliphatic rings. The summed E-state index contributed by atoms with van der Waals surface area (Å²) >= 11 is 12.3. The summed E-state index contributed by atoms with van der Waals surface area (Å²) in [5.41, 5.74) is 1.76. The van der Waals surface area contributed by atoms with Gasteiger partial charge in [0.1, 0.15) is 12.6 Å². The summed E-state index contributed by atoms with van der Waals surface area (Å²) in [6.45, 7) is -0.491. The van der Waals surface area contributed by atoms with Crippen LogP contribution in [0.25, 0.3) is 0 Å². The number of nitrogens with one attached hydrogen (secondary N) is 1. The largest absolute Gasteiger partial charge is 0.357 e. The summed E-state index contributed by atoms with van der Waals surface area (Å²) in [6.07, 6.45) is 1.25. The molecule has 0 aliphatic heterocycles. The van der Waals surface area contributed by atoms with Crippen molar-refractivity contribution in [2.75, 3.05) is 24.2 Å². The fourth-order valence-electron chi connectivity index (χ4n) is 3.75. The second-order valence-corrected chi connectivity index (χ2v) is 10.9. The van der Waals surface area contributed by atoms with Gasteiger partial charge >= 0.3 is 0 Å². The van der Waals surface area contributed by atoms with Crippen LogP contribution in [-0.4, -0.2) is 51.0 Å². The normalized spacial score (nSPS) is 12.0. The van der Waals surface area contributed by atoms with Crippen LogP contribution in [0.2, 0.25) is 10.0 Å². The monoisotopic (exact) mass is 547 g/mol. The van der Waals surface area contributed by atoms with Crippen molar-refractivity contribution in [1.29, 1.82) is 0 Å². The number of benzene rings is 3. The summed E-state index contributed by atoms with van der Waals surface area (Å²) in [5.74, 6) is -0.934. The molecule has 3 aromatic carbocycles. The SMILES string of the molecule is CNC(=O)C(Cc1ccccc1)N(Cc1ccccc1Cl)C(=O)CN(c1ccc(Cl)cc1)S(C)(=O)=O. The zero-order valence-electron chi connectivity index (χ0n) is 19.9. The maximum atomic E-state index is 13.8.